The molecule has 0 aromatic heterocycles. The van der Waals surface area contributed by atoms with E-state index in [-0.39, 0.29) is 12.5 Å². The summed E-state index contributed by atoms with van der Waals surface area (Å²) in [6.07, 6.45) is 1.01. The summed E-state index contributed by atoms with van der Waals surface area (Å²) in [5, 5.41) is 0. The van der Waals surface area contributed by atoms with E-state index >= 15 is 0 Å². The summed E-state index contributed by atoms with van der Waals surface area (Å²) in [7, 11) is -3.37. The highest BCUT2D eigenvalue weighted by Gasteiger charge is 2.28. The van der Waals surface area contributed by atoms with Gasteiger partial charge in [0.15, 0.2) is 9.84 Å². The predicted octanol–water partition coefficient (Wildman–Crippen LogP) is 0.210. The topological polar surface area (TPSA) is 74.8 Å². The highest BCUT2D eigenvalue weighted by molar-refractivity contribution is 7.91. The van der Waals surface area contributed by atoms with Crippen molar-refractivity contribution >= 4 is 21.7 Å². The second kappa shape index (κ2) is 6.48. The molecule has 0 saturated carbocycles. The Labute approximate surface area is 130 Å². The molecule has 0 bridgehead atoms. The lowest BCUT2D eigenvalue weighted by molar-refractivity contribution is -0.144. The summed E-state index contributed by atoms with van der Waals surface area (Å²) in [6.45, 7) is 3.24. The van der Waals surface area contributed by atoms with Gasteiger partial charge in [-0.3, -0.25) is 9.59 Å². The minimum Gasteiger partial charge on any atom is -0.335 e. The van der Waals surface area contributed by atoms with Crippen molar-refractivity contribution < 1.29 is 18.0 Å². The van der Waals surface area contributed by atoms with Crippen LogP contribution < -0.4 is 0 Å². The van der Waals surface area contributed by atoms with E-state index in [1.807, 2.05) is 31.2 Å². The summed E-state index contributed by atoms with van der Waals surface area (Å²) >= 11 is 0. The van der Waals surface area contributed by atoms with Gasteiger partial charge in [0.05, 0.1) is 6.54 Å². The SMILES string of the molecule is Cc1ccc(CN2CCN(C(=O)CS(C)(=O)=O)CC2=O)cc1. The Morgan fingerprint density at radius 3 is 2.36 bits per heavy atom. The fourth-order valence-corrected chi connectivity index (χ4v) is 2.95. The summed E-state index contributed by atoms with van der Waals surface area (Å²) < 4.78 is 22.3. The van der Waals surface area contributed by atoms with Crippen LogP contribution in [0.1, 0.15) is 11.1 Å². The average Bonchev–Trinajstić information content (AvgIpc) is 2.41. The zero-order chi connectivity index (χ0) is 16.3. The van der Waals surface area contributed by atoms with E-state index in [1.54, 1.807) is 4.90 Å². The molecule has 1 aromatic carbocycles. The molecule has 22 heavy (non-hydrogen) atoms. The molecule has 2 amide bonds. The number of carbonyl (C=O) groups is 2. The van der Waals surface area contributed by atoms with E-state index in [9.17, 15) is 18.0 Å². The van der Waals surface area contributed by atoms with E-state index in [0.717, 1.165) is 17.4 Å². The minimum absolute atomic E-state index is 0.0553. The largest absolute Gasteiger partial charge is 0.335 e. The van der Waals surface area contributed by atoms with Crippen LogP contribution in [-0.2, 0) is 26.0 Å². The Kier molecular flexibility index (Phi) is 4.85. The van der Waals surface area contributed by atoms with Crippen molar-refractivity contribution in [2.75, 3.05) is 31.6 Å². The van der Waals surface area contributed by atoms with Gasteiger partial charge in [0.25, 0.3) is 0 Å². The molecule has 1 fully saturated rings. The molecule has 0 atom stereocenters. The van der Waals surface area contributed by atoms with Crippen molar-refractivity contribution in [1.82, 2.24) is 9.80 Å². The monoisotopic (exact) mass is 324 g/mol. The summed E-state index contributed by atoms with van der Waals surface area (Å²) in [5.41, 5.74) is 2.20. The third-order valence-corrected chi connectivity index (χ3v) is 4.32. The molecule has 1 aliphatic rings. The van der Waals surface area contributed by atoms with Gasteiger partial charge in [0.2, 0.25) is 11.8 Å². The molecular formula is C15H20N2O4S. The Balaban J connectivity index is 1.94. The van der Waals surface area contributed by atoms with Gasteiger partial charge in [-0.15, -0.1) is 0 Å². The van der Waals surface area contributed by atoms with Crippen LogP contribution >= 0.6 is 0 Å². The fourth-order valence-electron chi connectivity index (χ4n) is 2.32. The molecule has 0 N–H and O–H groups in total. The van der Waals surface area contributed by atoms with Crippen LogP contribution in [0.2, 0.25) is 0 Å². The maximum atomic E-state index is 12.1. The molecule has 0 spiro atoms. The van der Waals surface area contributed by atoms with Crippen molar-refractivity contribution in [3.63, 3.8) is 0 Å². The number of piperazine rings is 1. The van der Waals surface area contributed by atoms with Crippen molar-refractivity contribution in [1.29, 1.82) is 0 Å². The Morgan fingerprint density at radius 2 is 1.82 bits per heavy atom. The Bertz CT molecular complexity index is 667. The first kappa shape index (κ1) is 16.5. The molecular weight excluding hydrogens is 304 g/mol. The molecule has 1 saturated heterocycles. The first-order valence-electron chi connectivity index (χ1n) is 7.03. The first-order valence-corrected chi connectivity index (χ1v) is 9.09. The highest BCUT2D eigenvalue weighted by atomic mass is 32.2. The fraction of sp³-hybridized carbons (Fsp3) is 0.467. The predicted molar refractivity (Wildman–Crippen MR) is 82.9 cm³/mol. The van der Waals surface area contributed by atoms with Crippen LogP contribution in [0.3, 0.4) is 0 Å². The number of amides is 2. The van der Waals surface area contributed by atoms with E-state index < -0.39 is 21.5 Å². The van der Waals surface area contributed by atoms with Crippen LogP contribution in [0.5, 0.6) is 0 Å². The quantitative estimate of drug-likeness (QED) is 0.793. The van der Waals surface area contributed by atoms with Gasteiger partial charge < -0.3 is 9.80 Å². The van der Waals surface area contributed by atoms with Crippen LogP contribution in [0.25, 0.3) is 0 Å². The average molecular weight is 324 g/mol. The second-order valence-electron chi connectivity index (χ2n) is 5.69. The van der Waals surface area contributed by atoms with Crippen molar-refractivity contribution in [3.8, 4) is 0 Å². The Hall–Kier alpha value is -1.89. The van der Waals surface area contributed by atoms with Crippen LogP contribution in [0, 0.1) is 6.92 Å². The number of rotatable bonds is 4. The molecule has 0 aliphatic carbocycles. The van der Waals surface area contributed by atoms with Crippen molar-refractivity contribution in [2.24, 2.45) is 0 Å². The van der Waals surface area contributed by atoms with E-state index in [0.29, 0.717) is 19.6 Å². The normalized spacial score (nSPS) is 16.0. The molecule has 7 heteroatoms. The lowest BCUT2D eigenvalue weighted by atomic mass is 10.1. The summed E-state index contributed by atoms with van der Waals surface area (Å²) in [5.74, 6) is -1.21. The summed E-state index contributed by atoms with van der Waals surface area (Å²) in [4.78, 5) is 27.0. The highest BCUT2D eigenvalue weighted by Crippen LogP contribution is 2.11. The third-order valence-electron chi connectivity index (χ3n) is 3.55. The third kappa shape index (κ3) is 4.56. The molecule has 1 heterocycles. The van der Waals surface area contributed by atoms with Crippen LogP contribution in [0.4, 0.5) is 0 Å². The molecule has 120 valence electrons. The van der Waals surface area contributed by atoms with Gasteiger partial charge >= 0.3 is 0 Å². The lowest BCUT2D eigenvalue weighted by Crippen LogP contribution is -2.52. The molecule has 0 unspecified atom stereocenters. The van der Waals surface area contributed by atoms with Gasteiger partial charge in [-0.25, -0.2) is 8.42 Å². The van der Waals surface area contributed by atoms with Crippen molar-refractivity contribution in [2.45, 2.75) is 13.5 Å². The van der Waals surface area contributed by atoms with Crippen LogP contribution in [0.15, 0.2) is 24.3 Å². The van der Waals surface area contributed by atoms with Gasteiger partial charge in [0.1, 0.15) is 5.75 Å². The van der Waals surface area contributed by atoms with E-state index in [1.165, 1.54) is 4.90 Å². The smallest absolute Gasteiger partial charge is 0.242 e. The molecule has 1 aliphatic heterocycles. The number of sulfone groups is 1. The van der Waals surface area contributed by atoms with E-state index in [2.05, 4.69) is 0 Å². The minimum atomic E-state index is -3.37. The number of benzene rings is 1. The summed E-state index contributed by atoms with van der Waals surface area (Å²) in [6, 6.07) is 7.94. The maximum Gasteiger partial charge on any atom is 0.242 e. The molecule has 2 rings (SSSR count). The van der Waals surface area contributed by atoms with Gasteiger partial charge in [-0.2, -0.15) is 0 Å². The molecule has 6 nitrogen and oxygen atoms in total. The van der Waals surface area contributed by atoms with Crippen LogP contribution in [-0.4, -0.2) is 61.7 Å². The Morgan fingerprint density at radius 1 is 1.18 bits per heavy atom. The van der Waals surface area contributed by atoms with Gasteiger partial charge in [-0.1, -0.05) is 29.8 Å². The van der Waals surface area contributed by atoms with Gasteiger partial charge in [0, 0.05) is 25.9 Å². The maximum absolute atomic E-state index is 12.1. The standard InChI is InChI=1S/C15H20N2O4S/c1-12-3-5-13(6-4-12)9-16-7-8-17(10-14(16)18)15(19)11-22(2,20)21/h3-6H,7-11H2,1-2H3. The zero-order valence-electron chi connectivity index (χ0n) is 12.8. The number of aryl methyl sites for hydroxylation is 1. The van der Waals surface area contributed by atoms with E-state index in [4.69, 9.17) is 0 Å². The van der Waals surface area contributed by atoms with Crippen molar-refractivity contribution in [3.05, 3.63) is 35.4 Å². The first-order chi connectivity index (χ1) is 10.2. The molecule has 0 radical (unpaired) electrons. The number of nitrogens with zero attached hydrogens (tertiary/aromatic N) is 2. The zero-order valence-corrected chi connectivity index (χ0v) is 13.6. The molecule has 1 aromatic rings. The van der Waals surface area contributed by atoms with Gasteiger partial charge in [-0.05, 0) is 12.5 Å². The number of hydrogen-bond acceptors (Lipinski definition) is 4. The second-order valence-corrected chi connectivity index (χ2v) is 7.83. The number of hydrogen-bond donors (Lipinski definition) is 0. The lowest BCUT2D eigenvalue weighted by Gasteiger charge is -2.34. The number of carbonyl (C=O) groups excluding carboxylic acids is 2.